The number of hydrogen-bond acceptors (Lipinski definition) is 14. The maximum atomic E-state index is 12.7. The van der Waals surface area contributed by atoms with Gasteiger partial charge in [0, 0.05) is 52.6 Å². The highest BCUT2D eigenvalue weighted by Crippen LogP contribution is 2.14. The predicted molar refractivity (Wildman–Crippen MR) is 121 cm³/mol. The molecule has 0 aromatic carbocycles. The van der Waals surface area contributed by atoms with Crippen LogP contribution in [0.4, 0.5) is 0 Å². The average molecular weight is 570 g/mol. The minimum absolute atomic E-state index is 0.120. The highest BCUT2D eigenvalue weighted by atomic mass is 16.7. The largest absolute Gasteiger partial charge is 0.448 e. The van der Waals surface area contributed by atoms with Gasteiger partial charge in [0.25, 0.3) is 35.4 Å². The molecule has 40 heavy (non-hydrogen) atoms. The number of amides is 6. The first-order valence-electron chi connectivity index (χ1n) is 11.8. The van der Waals surface area contributed by atoms with Crippen LogP contribution < -0.4 is 10.6 Å². The second-order valence-corrected chi connectivity index (χ2v) is 8.23. The standard InChI is InChI=1S/C22H26N4O14/c1-11(27)37-19(21(35)23-9-7-17(33)39-25-13(29)3-4-14(25)30)20(38-12(2)28)22(36)24-10-8-18(34)40-26-15(31)5-6-16(26)32/h19-20H,3-10H2,1-2H3,(H,23,35)(H,24,36). The molecule has 2 atom stereocenters. The van der Waals surface area contributed by atoms with Crippen molar-refractivity contribution in [2.24, 2.45) is 0 Å². The van der Waals surface area contributed by atoms with Crippen LogP contribution in [0.5, 0.6) is 0 Å². The van der Waals surface area contributed by atoms with Crippen LogP contribution in [0.25, 0.3) is 0 Å². The lowest BCUT2D eigenvalue weighted by molar-refractivity contribution is -0.197. The summed E-state index contributed by atoms with van der Waals surface area (Å²) in [4.78, 5) is 128. The first kappa shape index (κ1) is 31.3. The molecular weight excluding hydrogens is 544 g/mol. The molecule has 0 radical (unpaired) electrons. The summed E-state index contributed by atoms with van der Waals surface area (Å²) in [5.41, 5.74) is 0. The smallest absolute Gasteiger partial charge is 0.334 e. The van der Waals surface area contributed by atoms with E-state index in [0.29, 0.717) is 10.1 Å². The summed E-state index contributed by atoms with van der Waals surface area (Å²) in [6.07, 6.45) is -5.63. The molecule has 0 saturated carbocycles. The van der Waals surface area contributed by atoms with E-state index in [1.54, 1.807) is 0 Å². The number of ether oxygens (including phenoxy) is 2. The summed E-state index contributed by atoms with van der Waals surface area (Å²) in [6, 6.07) is 0. The summed E-state index contributed by atoms with van der Waals surface area (Å²) >= 11 is 0. The van der Waals surface area contributed by atoms with E-state index in [1.807, 2.05) is 0 Å². The van der Waals surface area contributed by atoms with E-state index in [1.165, 1.54) is 0 Å². The van der Waals surface area contributed by atoms with E-state index in [2.05, 4.69) is 20.3 Å². The van der Waals surface area contributed by atoms with Crippen molar-refractivity contribution in [2.75, 3.05) is 13.1 Å². The van der Waals surface area contributed by atoms with Crippen LogP contribution >= 0.6 is 0 Å². The number of hydrogen-bond donors (Lipinski definition) is 2. The average Bonchev–Trinajstić information content (AvgIpc) is 3.35. The number of carbonyl (C=O) groups is 10. The van der Waals surface area contributed by atoms with Gasteiger partial charge < -0.3 is 29.8 Å². The minimum atomic E-state index is -2.04. The van der Waals surface area contributed by atoms with Crippen LogP contribution in [0.15, 0.2) is 0 Å². The maximum Gasteiger partial charge on any atom is 0.334 e. The number of carbonyl (C=O) groups excluding carboxylic acids is 10. The van der Waals surface area contributed by atoms with E-state index < -0.39 is 97.5 Å². The first-order valence-corrected chi connectivity index (χ1v) is 11.8. The first-order chi connectivity index (χ1) is 18.8. The molecule has 2 N–H and O–H groups in total. The topological polar surface area (TPSA) is 238 Å². The van der Waals surface area contributed by atoms with Crippen molar-refractivity contribution in [1.29, 1.82) is 0 Å². The van der Waals surface area contributed by atoms with Gasteiger partial charge in [-0.2, -0.15) is 0 Å². The number of nitrogens with zero attached hydrogens (tertiary/aromatic N) is 2. The zero-order valence-electron chi connectivity index (χ0n) is 21.4. The predicted octanol–water partition coefficient (Wildman–Crippen LogP) is -2.92. The van der Waals surface area contributed by atoms with Gasteiger partial charge in [0.1, 0.15) is 0 Å². The number of nitrogens with one attached hydrogen (secondary N) is 2. The van der Waals surface area contributed by atoms with E-state index in [9.17, 15) is 47.9 Å². The van der Waals surface area contributed by atoms with Crippen molar-refractivity contribution in [3.05, 3.63) is 0 Å². The second-order valence-electron chi connectivity index (χ2n) is 8.23. The fourth-order valence-corrected chi connectivity index (χ4v) is 3.25. The summed E-state index contributed by atoms with van der Waals surface area (Å²) in [5, 5.41) is 4.97. The third-order valence-corrected chi connectivity index (χ3v) is 5.03. The molecule has 218 valence electrons. The number of hydroxylamine groups is 4. The van der Waals surface area contributed by atoms with Crippen LogP contribution in [-0.2, 0) is 67.1 Å². The van der Waals surface area contributed by atoms with Gasteiger partial charge in [-0.1, -0.05) is 0 Å². The number of esters is 2. The fourth-order valence-electron chi connectivity index (χ4n) is 3.25. The van der Waals surface area contributed by atoms with E-state index in [0.717, 1.165) is 13.8 Å². The summed E-state index contributed by atoms with van der Waals surface area (Å²) in [6.45, 7) is 0.891. The molecule has 0 aromatic heterocycles. The maximum absolute atomic E-state index is 12.7. The molecule has 2 aliphatic heterocycles. The van der Waals surface area contributed by atoms with Crippen molar-refractivity contribution in [2.45, 2.75) is 64.6 Å². The second kappa shape index (κ2) is 14.3. The van der Waals surface area contributed by atoms with Crippen LogP contribution in [-0.4, -0.2) is 94.7 Å². The van der Waals surface area contributed by atoms with Crippen LogP contribution in [0.3, 0.4) is 0 Å². The lowest BCUT2D eigenvalue weighted by Crippen LogP contribution is -2.53. The molecule has 0 bridgehead atoms. The molecule has 2 unspecified atom stereocenters. The Kier molecular flexibility index (Phi) is 11.2. The highest BCUT2D eigenvalue weighted by Gasteiger charge is 2.40. The lowest BCUT2D eigenvalue weighted by atomic mass is 10.1. The Balaban J connectivity index is 1.95. The summed E-state index contributed by atoms with van der Waals surface area (Å²) in [7, 11) is 0. The third kappa shape index (κ3) is 9.14. The van der Waals surface area contributed by atoms with Gasteiger partial charge in [-0.05, 0) is 0 Å². The molecule has 0 aromatic rings. The quantitative estimate of drug-likeness (QED) is 0.167. The van der Waals surface area contributed by atoms with Crippen molar-refractivity contribution in [1.82, 2.24) is 20.8 Å². The monoisotopic (exact) mass is 570 g/mol. The van der Waals surface area contributed by atoms with Gasteiger partial charge >= 0.3 is 23.9 Å². The minimum Gasteiger partial charge on any atom is -0.448 e. The van der Waals surface area contributed by atoms with Crippen molar-refractivity contribution >= 4 is 59.3 Å². The fraction of sp³-hybridized carbons (Fsp3) is 0.545. The van der Waals surface area contributed by atoms with Gasteiger partial charge in [0.15, 0.2) is 0 Å². The van der Waals surface area contributed by atoms with Gasteiger partial charge in [-0.25, -0.2) is 9.59 Å². The summed E-state index contributed by atoms with van der Waals surface area (Å²) in [5.74, 6) is -9.35. The van der Waals surface area contributed by atoms with E-state index in [-0.39, 0.29) is 25.7 Å². The Bertz CT molecular complexity index is 1000. The molecule has 0 aliphatic carbocycles. The molecule has 18 heteroatoms. The van der Waals surface area contributed by atoms with Crippen molar-refractivity contribution in [3.8, 4) is 0 Å². The molecule has 2 fully saturated rings. The van der Waals surface area contributed by atoms with Gasteiger partial charge in [0.05, 0.1) is 12.8 Å². The highest BCUT2D eigenvalue weighted by molar-refractivity contribution is 6.02. The third-order valence-electron chi connectivity index (χ3n) is 5.03. The van der Waals surface area contributed by atoms with Crippen LogP contribution in [0, 0.1) is 0 Å². The number of rotatable bonds is 13. The van der Waals surface area contributed by atoms with Gasteiger partial charge in [-0.15, -0.1) is 10.1 Å². The molecule has 0 spiro atoms. The van der Waals surface area contributed by atoms with Crippen molar-refractivity contribution in [3.63, 3.8) is 0 Å². The Morgan fingerprint density at radius 1 is 0.625 bits per heavy atom. The van der Waals surface area contributed by atoms with E-state index >= 15 is 0 Å². The molecule has 6 amide bonds. The van der Waals surface area contributed by atoms with Crippen molar-refractivity contribution < 1.29 is 67.1 Å². The Hall–Kier alpha value is -4.90. The Labute approximate surface area is 225 Å². The molecule has 2 rings (SSSR count). The lowest BCUT2D eigenvalue weighted by Gasteiger charge is -2.24. The Morgan fingerprint density at radius 3 is 1.20 bits per heavy atom. The van der Waals surface area contributed by atoms with E-state index in [4.69, 9.17) is 9.47 Å². The zero-order valence-corrected chi connectivity index (χ0v) is 21.4. The molecule has 2 heterocycles. The molecular formula is C22H26N4O14. The molecule has 18 nitrogen and oxygen atoms in total. The summed E-state index contributed by atoms with van der Waals surface area (Å²) < 4.78 is 9.71. The Morgan fingerprint density at radius 2 is 0.925 bits per heavy atom. The molecule has 2 saturated heterocycles. The zero-order chi connectivity index (χ0) is 30.0. The van der Waals surface area contributed by atoms with Crippen LogP contribution in [0.1, 0.15) is 52.4 Å². The molecule has 2 aliphatic rings. The normalized spacial score (nSPS) is 16.2. The number of imide groups is 2. The van der Waals surface area contributed by atoms with Crippen LogP contribution in [0.2, 0.25) is 0 Å². The SMILES string of the molecule is CC(=O)OC(C(=O)NCCC(=O)ON1C(=O)CCC1=O)C(OC(C)=O)C(=O)NCCC(=O)ON1C(=O)CCC1=O. The van der Waals surface area contributed by atoms with Gasteiger partial charge in [0.2, 0.25) is 12.2 Å². The van der Waals surface area contributed by atoms with Gasteiger partial charge in [-0.3, -0.25) is 38.4 Å².